The van der Waals surface area contributed by atoms with E-state index in [9.17, 15) is 18.0 Å². The Kier molecular flexibility index (Phi) is 10.8. The molecule has 1 N–H and O–H groups in total. The number of carbonyl (C=O) groups is 2. The maximum absolute atomic E-state index is 14.2. The third kappa shape index (κ3) is 7.49. The number of ether oxygens (including phenoxy) is 1. The number of hydrogen-bond donors (Lipinski definition) is 1. The fourth-order valence-corrected chi connectivity index (χ4v) is 8.07. The van der Waals surface area contributed by atoms with Crippen LogP contribution in [-0.2, 0) is 42.5 Å². The first-order chi connectivity index (χ1) is 24.8. The van der Waals surface area contributed by atoms with Gasteiger partial charge in [0.2, 0.25) is 5.91 Å². The fraction of sp³-hybridized carbons (Fsp3) is 0.214. The molecule has 0 bridgehead atoms. The second-order valence-electron chi connectivity index (χ2n) is 12.6. The lowest BCUT2D eigenvalue weighted by Crippen LogP contribution is -2.48. The molecule has 8 nitrogen and oxygen atoms in total. The molecule has 51 heavy (non-hydrogen) atoms. The van der Waals surface area contributed by atoms with Crippen LogP contribution in [0.3, 0.4) is 0 Å². The molecule has 0 aliphatic heterocycles. The second kappa shape index (κ2) is 15.6. The molecule has 0 radical (unpaired) electrons. The minimum Gasteiger partial charge on any atom is -0.467 e. The van der Waals surface area contributed by atoms with Gasteiger partial charge in [-0.05, 0) is 39.4 Å². The smallest absolute Gasteiger partial charge is 0.328 e. The van der Waals surface area contributed by atoms with Gasteiger partial charge in [-0.1, -0.05) is 140 Å². The minimum atomic E-state index is -3.56. The summed E-state index contributed by atoms with van der Waals surface area (Å²) in [6.07, 6.45) is 3.65. The highest BCUT2D eigenvalue weighted by molar-refractivity contribution is 7.91. The largest absolute Gasteiger partial charge is 0.467 e. The molecular formula is C42H41N3O5S. The highest BCUT2D eigenvalue weighted by Gasteiger charge is 2.40. The third-order valence-electron chi connectivity index (χ3n) is 9.48. The Morgan fingerprint density at radius 3 is 1.88 bits per heavy atom. The van der Waals surface area contributed by atoms with Gasteiger partial charge in [-0.3, -0.25) is 4.79 Å². The molecule has 0 unspecified atom stereocenters. The molecule has 0 saturated heterocycles. The van der Waals surface area contributed by atoms with Crippen LogP contribution in [0, 0.1) is 5.92 Å². The van der Waals surface area contributed by atoms with Gasteiger partial charge >= 0.3 is 5.97 Å². The lowest BCUT2D eigenvalue weighted by atomic mass is 9.76. The van der Waals surface area contributed by atoms with Crippen molar-refractivity contribution in [2.45, 2.75) is 31.3 Å². The predicted molar refractivity (Wildman–Crippen MR) is 200 cm³/mol. The highest BCUT2D eigenvalue weighted by Crippen LogP contribution is 2.41. The lowest BCUT2D eigenvalue weighted by Gasteiger charge is -2.39. The quantitative estimate of drug-likeness (QED) is 0.105. The number of carbonyl (C=O) groups excluding carboxylic acids is 2. The first-order valence-electron chi connectivity index (χ1n) is 17.0. The van der Waals surface area contributed by atoms with Gasteiger partial charge in [-0.2, -0.15) is 0 Å². The Bertz CT molecular complexity index is 2100. The van der Waals surface area contributed by atoms with E-state index in [1.54, 1.807) is 19.4 Å². The van der Waals surface area contributed by atoms with Crippen LogP contribution >= 0.6 is 0 Å². The number of aromatic nitrogens is 2. The van der Waals surface area contributed by atoms with Gasteiger partial charge in [0.25, 0.3) is 0 Å². The van der Waals surface area contributed by atoms with Crippen molar-refractivity contribution in [3.8, 4) is 0 Å². The number of benzene rings is 5. The van der Waals surface area contributed by atoms with Crippen molar-refractivity contribution in [1.82, 2.24) is 14.9 Å². The summed E-state index contributed by atoms with van der Waals surface area (Å²) >= 11 is 0. The van der Waals surface area contributed by atoms with Crippen LogP contribution in [0.15, 0.2) is 146 Å². The van der Waals surface area contributed by atoms with E-state index in [-0.39, 0.29) is 24.3 Å². The summed E-state index contributed by atoms with van der Waals surface area (Å²) < 4.78 is 33.2. The Hall–Kier alpha value is -5.54. The van der Waals surface area contributed by atoms with Crippen LogP contribution in [0.2, 0.25) is 0 Å². The van der Waals surface area contributed by atoms with Crippen LogP contribution < -0.4 is 5.32 Å². The van der Waals surface area contributed by atoms with Gasteiger partial charge in [0.05, 0.1) is 25.1 Å². The standard InChI is InChI=1S/C42H41N3O5S/c1-3-51(48,49)29-33(26-32-18-15-17-31-16-13-14-25-38(31)32)40(46)44-39(41(47)50-2)27-37-28-43-30-45(37)42(34-19-7-4-8-20-34,35-21-9-5-10-22-35)36-23-11-6-12-24-36/h4-25,28,30,33,39H,3,26-27,29H2,1-2H3,(H,44,46)/t33-,39+/m1/s1. The molecule has 0 aliphatic carbocycles. The van der Waals surface area contributed by atoms with Crippen LogP contribution in [-0.4, -0.2) is 54.5 Å². The van der Waals surface area contributed by atoms with Gasteiger partial charge in [0.1, 0.15) is 11.6 Å². The van der Waals surface area contributed by atoms with E-state index in [1.807, 2.05) is 102 Å². The highest BCUT2D eigenvalue weighted by atomic mass is 32.2. The molecule has 0 fully saturated rings. The van der Waals surface area contributed by atoms with Crippen molar-refractivity contribution in [3.63, 3.8) is 0 Å². The van der Waals surface area contributed by atoms with Gasteiger partial charge in [0.15, 0.2) is 9.84 Å². The van der Waals surface area contributed by atoms with Gasteiger partial charge in [-0.25, -0.2) is 18.2 Å². The third-order valence-corrected chi connectivity index (χ3v) is 11.3. The first-order valence-corrected chi connectivity index (χ1v) is 18.8. The number of methoxy groups -OCH3 is 1. The van der Waals surface area contributed by atoms with E-state index < -0.39 is 39.2 Å². The van der Waals surface area contributed by atoms with Gasteiger partial charge in [-0.15, -0.1) is 0 Å². The number of rotatable bonds is 14. The van der Waals surface area contributed by atoms with E-state index in [0.717, 1.165) is 33.0 Å². The Balaban J connectivity index is 1.41. The van der Waals surface area contributed by atoms with Crippen molar-refractivity contribution < 1.29 is 22.7 Å². The van der Waals surface area contributed by atoms with Crippen molar-refractivity contribution >= 4 is 32.5 Å². The summed E-state index contributed by atoms with van der Waals surface area (Å²) in [4.78, 5) is 32.2. The summed E-state index contributed by atoms with van der Waals surface area (Å²) in [6, 6.07) is 42.7. The number of nitrogens with zero attached hydrogens (tertiary/aromatic N) is 2. The molecule has 5 aromatic carbocycles. The number of hydrogen-bond acceptors (Lipinski definition) is 6. The minimum absolute atomic E-state index is 0.0359. The van der Waals surface area contributed by atoms with E-state index in [1.165, 1.54) is 7.11 Å². The average Bonchev–Trinajstić information content (AvgIpc) is 3.63. The molecule has 1 heterocycles. The summed E-state index contributed by atoms with van der Waals surface area (Å²) in [6.45, 7) is 1.57. The second-order valence-corrected chi connectivity index (χ2v) is 15.0. The number of sulfone groups is 1. The zero-order valence-electron chi connectivity index (χ0n) is 28.7. The zero-order chi connectivity index (χ0) is 35.8. The molecule has 0 aliphatic rings. The van der Waals surface area contributed by atoms with Crippen LogP contribution in [0.25, 0.3) is 10.8 Å². The fourth-order valence-electron chi connectivity index (χ4n) is 6.95. The molecule has 6 aromatic rings. The van der Waals surface area contributed by atoms with Crippen LogP contribution in [0.4, 0.5) is 0 Å². The molecule has 9 heteroatoms. The SMILES string of the molecule is CCS(=O)(=O)C[C@@H](Cc1cccc2ccccc12)C(=O)N[C@@H](Cc1cncn1C(c1ccccc1)(c1ccccc1)c1ccccc1)C(=O)OC. The average molecular weight is 700 g/mol. The van der Waals surface area contributed by atoms with Crippen molar-refractivity contribution in [2.75, 3.05) is 18.6 Å². The molecule has 6 rings (SSSR count). The Labute approximate surface area is 299 Å². The molecular weight excluding hydrogens is 659 g/mol. The van der Waals surface area contributed by atoms with E-state index >= 15 is 0 Å². The van der Waals surface area contributed by atoms with Gasteiger partial charge < -0.3 is 14.6 Å². The Morgan fingerprint density at radius 1 is 0.765 bits per heavy atom. The predicted octanol–water partition coefficient (Wildman–Crippen LogP) is 6.37. The topological polar surface area (TPSA) is 107 Å². The molecule has 1 aromatic heterocycles. The van der Waals surface area contributed by atoms with E-state index in [4.69, 9.17) is 4.74 Å². The van der Waals surface area contributed by atoms with Crippen molar-refractivity contribution in [2.24, 2.45) is 5.92 Å². The maximum atomic E-state index is 14.2. The first kappa shape index (κ1) is 35.3. The Morgan fingerprint density at radius 2 is 1.31 bits per heavy atom. The molecule has 0 spiro atoms. The van der Waals surface area contributed by atoms with E-state index in [0.29, 0.717) is 5.69 Å². The van der Waals surface area contributed by atoms with E-state index in [2.05, 4.69) is 46.7 Å². The van der Waals surface area contributed by atoms with Crippen molar-refractivity contribution in [3.05, 3.63) is 174 Å². The molecule has 2 atom stereocenters. The number of imidazole rings is 1. The molecule has 260 valence electrons. The molecule has 0 saturated carbocycles. The summed E-state index contributed by atoms with van der Waals surface area (Å²) in [5.41, 5.74) is 3.53. The maximum Gasteiger partial charge on any atom is 0.328 e. The lowest BCUT2D eigenvalue weighted by molar-refractivity contribution is -0.145. The van der Waals surface area contributed by atoms with Crippen LogP contribution in [0.5, 0.6) is 0 Å². The van der Waals surface area contributed by atoms with Gasteiger partial charge in [0, 0.05) is 24.1 Å². The number of amides is 1. The van der Waals surface area contributed by atoms with Crippen molar-refractivity contribution in [1.29, 1.82) is 0 Å². The number of esters is 1. The summed E-state index contributed by atoms with van der Waals surface area (Å²) in [5, 5.41) is 4.84. The monoisotopic (exact) mass is 699 g/mol. The number of nitrogens with one attached hydrogen (secondary N) is 1. The number of fused-ring (bicyclic) bond motifs is 1. The summed E-state index contributed by atoms with van der Waals surface area (Å²) in [5.74, 6) is -2.60. The zero-order valence-corrected chi connectivity index (χ0v) is 29.5. The van der Waals surface area contributed by atoms with Crippen LogP contribution in [0.1, 0.15) is 34.9 Å². The summed E-state index contributed by atoms with van der Waals surface area (Å²) in [7, 11) is -2.28. The molecule has 1 amide bonds. The normalized spacial score (nSPS) is 13.0.